The summed E-state index contributed by atoms with van der Waals surface area (Å²) in [4.78, 5) is 18.7. The number of carbonyl (C=O) groups is 1. The maximum atomic E-state index is 14.5. The Bertz CT molecular complexity index is 1150. The lowest BCUT2D eigenvalue weighted by Crippen LogP contribution is -2.51. The minimum Gasteiger partial charge on any atom is -0.307 e. The Hall–Kier alpha value is -1.93. The van der Waals surface area contributed by atoms with Gasteiger partial charge in [-0.1, -0.05) is 43.0 Å². The van der Waals surface area contributed by atoms with Gasteiger partial charge in [0, 0.05) is 49.2 Å². The van der Waals surface area contributed by atoms with E-state index in [0.717, 1.165) is 57.5 Å². The Morgan fingerprint density at radius 3 is 2.45 bits per heavy atom. The third-order valence-corrected chi connectivity index (χ3v) is 9.91. The van der Waals surface area contributed by atoms with Crippen molar-refractivity contribution in [2.45, 2.75) is 81.7 Å². The summed E-state index contributed by atoms with van der Waals surface area (Å²) >= 11 is 6.23. The van der Waals surface area contributed by atoms with E-state index >= 15 is 0 Å². The van der Waals surface area contributed by atoms with Gasteiger partial charge in [0.05, 0.1) is 6.04 Å². The van der Waals surface area contributed by atoms with Crippen LogP contribution < -0.4 is 5.32 Å². The molecule has 2 saturated heterocycles. The van der Waals surface area contributed by atoms with E-state index in [4.69, 9.17) is 11.6 Å². The third kappa shape index (κ3) is 6.92. The van der Waals surface area contributed by atoms with Crippen LogP contribution in [0.3, 0.4) is 0 Å². The molecule has 2 heterocycles. The first-order valence-electron chi connectivity index (χ1n) is 15.0. The molecule has 0 radical (unpaired) electrons. The molecule has 2 aliphatic heterocycles. The van der Waals surface area contributed by atoms with Crippen LogP contribution in [-0.2, 0) is 16.6 Å². The fourth-order valence-electron chi connectivity index (χ4n) is 7.12. The number of nitrogens with one attached hydrogen (secondary N) is 1. The Labute approximate surface area is 241 Å². The molecule has 4 nitrogen and oxygen atoms in total. The maximum absolute atomic E-state index is 14.5. The highest BCUT2D eigenvalue weighted by Gasteiger charge is 2.39. The van der Waals surface area contributed by atoms with Gasteiger partial charge in [-0.15, -0.1) is 0 Å². The number of halogens is 4. The van der Waals surface area contributed by atoms with Crippen LogP contribution in [0.15, 0.2) is 36.4 Å². The summed E-state index contributed by atoms with van der Waals surface area (Å²) < 4.78 is 43.0. The second kappa shape index (κ2) is 13.4. The fourth-order valence-corrected chi connectivity index (χ4v) is 7.35. The Kier molecular flexibility index (Phi) is 9.88. The molecule has 1 N–H and O–H groups in total. The Balaban J connectivity index is 1.32. The van der Waals surface area contributed by atoms with Crippen LogP contribution in [-0.4, -0.2) is 66.9 Å². The van der Waals surface area contributed by atoms with Crippen LogP contribution in [0, 0.1) is 17.5 Å². The van der Waals surface area contributed by atoms with Gasteiger partial charge >= 0.3 is 0 Å². The molecule has 2 atom stereocenters. The average molecular weight is 576 g/mol. The van der Waals surface area contributed by atoms with Gasteiger partial charge in [0.15, 0.2) is 17.4 Å². The molecule has 218 valence electrons. The van der Waals surface area contributed by atoms with Crippen molar-refractivity contribution < 1.29 is 18.0 Å². The van der Waals surface area contributed by atoms with E-state index in [-0.39, 0.29) is 22.8 Å². The number of piperazine rings is 1. The van der Waals surface area contributed by atoms with Gasteiger partial charge in [0.1, 0.15) is 5.82 Å². The van der Waals surface area contributed by atoms with Crippen LogP contribution >= 0.6 is 11.6 Å². The molecule has 0 spiro atoms. The number of benzene rings is 2. The molecule has 0 bridgehead atoms. The predicted octanol–water partition coefficient (Wildman–Crippen LogP) is 6.29. The summed E-state index contributed by atoms with van der Waals surface area (Å²) in [7, 11) is 0. The van der Waals surface area contributed by atoms with Gasteiger partial charge in [-0.05, 0) is 86.9 Å². The molecule has 2 aromatic carbocycles. The van der Waals surface area contributed by atoms with E-state index in [0.29, 0.717) is 19.0 Å². The zero-order valence-electron chi connectivity index (χ0n) is 23.2. The molecule has 40 heavy (non-hydrogen) atoms. The van der Waals surface area contributed by atoms with Gasteiger partial charge in [0.2, 0.25) is 0 Å². The summed E-state index contributed by atoms with van der Waals surface area (Å²) in [5.41, 5.74) is 0.435. The normalized spacial score (nSPS) is 25.6. The largest absolute Gasteiger partial charge is 0.307 e. The van der Waals surface area contributed by atoms with Gasteiger partial charge in [-0.3, -0.25) is 9.69 Å². The second-order valence-electron chi connectivity index (χ2n) is 12.0. The predicted molar refractivity (Wildman–Crippen MR) is 153 cm³/mol. The van der Waals surface area contributed by atoms with E-state index < -0.39 is 28.9 Å². The van der Waals surface area contributed by atoms with E-state index in [1.165, 1.54) is 56.4 Å². The molecule has 0 amide bonds. The second-order valence-corrected chi connectivity index (χ2v) is 12.4. The van der Waals surface area contributed by atoms with Crippen LogP contribution in [0.4, 0.5) is 13.2 Å². The van der Waals surface area contributed by atoms with Gasteiger partial charge in [0.25, 0.3) is 0 Å². The Morgan fingerprint density at radius 2 is 1.73 bits per heavy atom. The highest BCUT2D eigenvalue weighted by molar-refractivity contribution is 6.31. The summed E-state index contributed by atoms with van der Waals surface area (Å²) in [5.74, 6) is -2.36. The van der Waals surface area contributed by atoms with Crippen molar-refractivity contribution in [3.05, 3.63) is 70.0 Å². The number of nitrogens with zero attached hydrogens (tertiary/aromatic N) is 2. The minimum atomic E-state index is -0.869. The first-order chi connectivity index (χ1) is 19.3. The lowest BCUT2D eigenvalue weighted by molar-refractivity contribution is -0.120. The van der Waals surface area contributed by atoms with Crippen molar-refractivity contribution in [1.29, 1.82) is 0 Å². The van der Waals surface area contributed by atoms with Crippen molar-refractivity contribution in [3.8, 4) is 0 Å². The summed E-state index contributed by atoms with van der Waals surface area (Å²) in [6, 6.07) is 8.81. The standard InChI is InChI=1S/C32H41ClF3N3O/c33-26-8-4-9-27(34)25(26)21-31(40)30-22-32(12-5-14-37-30,23-10-11-28(35)29(36)20-23)13-15-38-16-18-39(19-17-38)24-6-2-1-3-7-24/h4,8-11,20,24,30,37H,1-3,5-7,12-19,21-22H2. The molecular weight excluding hydrogens is 535 g/mol. The molecule has 8 heteroatoms. The number of ketones is 1. The number of hydrogen-bond acceptors (Lipinski definition) is 4. The van der Waals surface area contributed by atoms with Crippen LogP contribution in [0.1, 0.15) is 68.9 Å². The van der Waals surface area contributed by atoms with Crippen molar-refractivity contribution in [1.82, 2.24) is 15.1 Å². The molecule has 2 aromatic rings. The molecule has 0 aromatic heterocycles. The first kappa shape index (κ1) is 29.6. The molecule has 1 aliphatic carbocycles. The first-order valence-corrected chi connectivity index (χ1v) is 15.3. The van der Waals surface area contributed by atoms with E-state index in [1.807, 2.05) is 0 Å². The molecular formula is C32H41ClF3N3O. The summed E-state index contributed by atoms with van der Waals surface area (Å²) in [5, 5.41) is 3.61. The number of carbonyl (C=O) groups excluding carboxylic acids is 1. The van der Waals surface area contributed by atoms with Crippen molar-refractivity contribution >= 4 is 17.4 Å². The lowest BCUT2D eigenvalue weighted by Gasteiger charge is -2.42. The molecule has 2 unspecified atom stereocenters. The molecule has 3 aliphatic rings. The summed E-state index contributed by atoms with van der Waals surface area (Å²) in [6.07, 6.45) is 9.28. The van der Waals surface area contributed by atoms with E-state index in [9.17, 15) is 18.0 Å². The quantitative estimate of drug-likeness (QED) is 0.401. The summed E-state index contributed by atoms with van der Waals surface area (Å²) in [6.45, 7) is 5.59. The number of hydrogen-bond donors (Lipinski definition) is 1. The smallest absolute Gasteiger partial charge is 0.159 e. The third-order valence-electron chi connectivity index (χ3n) is 9.56. The fraction of sp³-hybridized carbons (Fsp3) is 0.594. The maximum Gasteiger partial charge on any atom is 0.159 e. The van der Waals surface area contributed by atoms with Crippen LogP contribution in [0.5, 0.6) is 0 Å². The van der Waals surface area contributed by atoms with Crippen LogP contribution in [0.2, 0.25) is 5.02 Å². The molecule has 5 rings (SSSR count). The number of rotatable bonds is 8. The van der Waals surface area contributed by atoms with Gasteiger partial charge in [-0.2, -0.15) is 0 Å². The van der Waals surface area contributed by atoms with E-state index in [1.54, 1.807) is 12.1 Å². The minimum absolute atomic E-state index is 0.111. The zero-order valence-corrected chi connectivity index (χ0v) is 24.0. The number of Topliss-reactive ketones (excluding diaryl/α,β-unsaturated/α-hetero) is 1. The monoisotopic (exact) mass is 575 g/mol. The van der Waals surface area contributed by atoms with Gasteiger partial charge in [-0.25, -0.2) is 13.2 Å². The van der Waals surface area contributed by atoms with E-state index in [2.05, 4.69) is 15.1 Å². The van der Waals surface area contributed by atoms with Gasteiger partial charge < -0.3 is 10.2 Å². The zero-order chi connectivity index (χ0) is 28.1. The van der Waals surface area contributed by atoms with Crippen molar-refractivity contribution in [2.75, 3.05) is 39.3 Å². The Morgan fingerprint density at radius 1 is 0.950 bits per heavy atom. The van der Waals surface area contributed by atoms with Crippen LogP contribution in [0.25, 0.3) is 0 Å². The lowest BCUT2D eigenvalue weighted by atomic mass is 9.69. The average Bonchev–Trinajstić information content (AvgIpc) is 3.20. The molecule has 1 saturated carbocycles. The topological polar surface area (TPSA) is 35.6 Å². The SMILES string of the molecule is O=C(Cc1c(F)cccc1Cl)C1CC(CCN2CCN(C3CCCCC3)CC2)(c2ccc(F)c(F)c2)CCCN1. The van der Waals surface area contributed by atoms with Crippen molar-refractivity contribution in [2.24, 2.45) is 0 Å². The van der Waals surface area contributed by atoms with Crippen molar-refractivity contribution in [3.63, 3.8) is 0 Å². The molecule has 3 fully saturated rings. The highest BCUT2D eigenvalue weighted by Crippen LogP contribution is 2.40. The highest BCUT2D eigenvalue weighted by atomic mass is 35.5.